The molecule has 1 saturated carbocycles. The van der Waals surface area contributed by atoms with Gasteiger partial charge in [-0.3, -0.25) is 10.1 Å². The van der Waals surface area contributed by atoms with Crippen molar-refractivity contribution >= 4 is 11.4 Å². The van der Waals surface area contributed by atoms with Crippen LogP contribution in [0, 0.1) is 22.0 Å². The summed E-state index contributed by atoms with van der Waals surface area (Å²) in [7, 11) is 0. The second-order valence-corrected chi connectivity index (χ2v) is 8.24. The van der Waals surface area contributed by atoms with Crippen molar-refractivity contribution in [3.63, 3.8) is 0 Å². The minimum atomic E-state index is -0.520. The van der Waals surface area contributed by atoms with Gasteiger partial charge in [-0.25, -0.2) is 0 Å². The summed E-state index contributed by atoms with van der Waals surface area (Å²) in [5.74, 6) is 1.77. The van der Waals surface area contributed by atoms with Gasteiger partial charge in [-0.2, -0.15) is 4.98 Å². The summed E-state index contributed by atoms with van der Waals surface area (Å²) in [5, 5.41) is 15.7. The van der Waals surface area contributed by atoms with E-state index in [1.54, 1.807) is 6.07 Å². The molecule has 1 aliphatic heterocycles. The molecule has 2 heterocycles. The SMILES string of the molecule is CC1CC(C)CN(c2ccc(-c3nc(C4(N)CCC4)no3)cc2[N+](=O)[O-])C1. The Morgan fingerprint density at radius 1 is 1.30 bits per heavy atom. The minimum Gasteiger partial charge on any atom is -0.365 e. The predicted molar refractivity (Wildman–Crippen MR) is 101 cm³/mol. The normalized spacial score (nSPS) is 24.5. The summed E-state index contributed by atoms with van der Waals surface area (Å²) in [6.45, 7) is 6.02. The predicted octanol–water partition coefficient (Wildman–Crippen LogP) is 3.47. The van der Waals surface area contributed by atoms with Crippen molar-refractivity contribution < 1.29 is 9.45 Å². The lowest BCUT2D eigenvalue weighted by Crippen LogP contribution is -2.44. The third kappa shape index (κ3) is 3.29. The highest BCUT2D eigenvalue weighted by molar-refractivity contribution is 5.71. The van der Waals surface area contributed by atoms with Crippen LogP contribution in [0.15, 0.2) is 22.7 Å². The maximum atomic E-state index is 11.7. The van der Waals surface area contributed by atoms with Crippen LogP contribution < -0.4 is 10.6 Å². The molecule has 2 unspecified atom stereocenters. The number of nitrogens with zero attached hydrogens (tertiary/aromatic N) is 4. The summed E-state index contributed by atoms with van der Waals surface area (Å²) >= 11 is 0. The van der Waals surface area contributed by atoms with E-state index in [0.717, 1.165) is 38.8 Å². The van der Waals surface area contributed by atoms with Crippen molar-refractivity contribution in [2.45, 2.75) is 45.1 Å². The number of nitro benzene ring substituents is 1. The lowest BCUT2D eigenvalue weighted by molar-refractivity contribution is -0.384. The van der Waals surface area contributed by atoms with E-state index >= 15 is 0 Å². The van der Waals surface area contributed by atoms with Gasteiger partial charge in [0.25, 0.3) is 11.6 Å². The number of hydrogen-bond donors (Lipinski definition) is 1. The molecule has 2 fully saturated rings. The molecule has 2 N–H and O–H groups in total. The van der Waals surface area contributed by atoms with Crippen LogP contribution in [-0.4, -0.2) is 28.2 Å². The molecule has 0 amide bonds. The Bertz CT molecular complexity index is 851. The van der Waals surface area contributed by atoms with E-state index in [-0.39, 0.29) is 16.5 Å². The van der Waals surface area contributed by atoms with Gasteiger partial charge in [0.1, 0.15) is 5.69 Å². The van der Waals surface area contributed by atoms with Crippen molar-refractivity contribution in [2.24, 2.45) is 17.6 Å². The molecule has 2 aromatic rings. The average Bonchev–Trinajstić information content (AvgIpc) is 3.08. The Hall–Kier alpha value is -2.48. The second kappa shape index (κ2) is 6.60. The Labute approximate surface area is 157 Å². The highest BCUT2D eigenvalue weighted by Crippen LogP contribution is 2.39. The molecule has 144 valence electrons. The van der Waals surface area contributed by atoms with Crippen LogP contribution >= 0.6 is 0 Å². The van der Waals surface area contributed by atoms with Crippen LogP contribution in [0.1, 0.15) is 45.4 Å². The van der Waals surface area contributed by atoms with Gasteiger partial charge >= 0.3 is 0 Å². The molecule has 1 aromatic carbocycles. The second-order valence-electron chi connectivity index (χ2n) is 8.24. The van der Waals surface area contributed by atoms with Gasteiger partial charge < -0.3 is 15.2 Å². The first kappa shape index (κ1) is 17.9. The maximum absolute atomic E-state index is 11.7. The molecule has 0 spiro atoms. The molecule has 2 atom stereocenters. The lowest BCUT2D eigenvalue weighted by atomic mass is 9.77. The zero-order valence-corrected chi connectivity index (χ0v) is 15.7. The molecule has 1 saturated heterocycles. The Kier molecular flexibility index (Phi) is 4.38. The average molecular weight is 371 g/mol. The van der Waals surface area contributed by atoms with Crippen molar-refractivity contribution in [1.29, 1.82) is 0 Å². The van der Waals surface area contributed by atoms with Gasteiger partial charge in [-0.15, -0.1) is 0 Å². The standard InChI is InChI=1S/C19H25N5O3/c1-12-8-13(2)11-23(10-12)15-5-4-14(9-16(15)24(25)26)17-21-18(22-27-17)19(20)6-3-7-19/h4-5,9,12-13H,3,6-8,10-11,20H2,1-2H3. The molecule has 4 rings (SSSR count). The quantitative estimate of drug-likeness (QED) is 0.647. The van der Waals surface area contributed by atoms with Crippen molar-refractivity contribution in [2.75, 3.05) is 18.0 Å². The fourth-order valence-corrected chi connectivity index (χ4v) is 4.25. The number of aromatic nitrogens is 2. The first-order valence-corrected chi connectivity index (χ1v) is 9.52. The molecule has 2 aliphatic rings. The van der Waals surface area contributed by atoms with Crippen LogP contribution in [0.3, 0.4) is 0 Å². The van der Waals surface area contributed by atoms with E-state index in [1.807, 2.05) is 6.07 Å². The van der Waals surface area contributed by atoms with Crippen LogP contribution in [0.5, 0.6) is 0 Å². The molecule has 0 bridgehead atoms. The highest BCUT2D eigenvalue weighted by atomic mass is 16.6. The third-order valence-electron chi connectivity index (χ3n) is 5.75. The highest BCUT2D eigenvalue weighted by Gasteiger charge is 2.39. The lowest BCUT2D eigenvalue weighted by Gasteiger charge is -2.36. The number of anilines is 1. The molecule has 0 radical (unpaired) electrons. The zero-order chi connectivity index (χ0) is 19.2. The fraction of sp³-hybridized carbons (Fsp3) is 0.579. The van der Waals surface area contributed by atoms with E-state index in [4.69, 9.17) is 10.3 Å². The summed E-state index contributed by atoms with van der Waals surface area (Å²) in [4.78, 5) is 17.9. The first-order valence-electron chi connectivity index (χ1n) is 9.52. The van der Waals surface area contributed by atoms with E-state index in [9.17, 15) is 10.1 Å². The molecular formula is C19H25N5O3. The summed E-state index contributed by atoms with van der Waals surface area (Å²) in [5.41, 5.74) is 6.99. The minimum absolute atomic E-state index is 0.0691. The topological polar surface area (TPSA) is 111 Å². The number of rotatable bonds is 4. The molecule has 1 aliphatic carbocycles. The van der Waals surface area contributed by atoms with E-state index < -0.39 is 5.54 Å². The largest absolute Gasteiger partial charge is 0.365 e. The van der Waals surface area contributed by atoms with E-state index in [1.165, 1.54) is 6.07 Å². The first-order chi connectivity index (χ1) is 12.9. The summed E-state index contributed by atoms with van der Waals surface area (Å²) in [6.07, 6.45) is 3.86. The van der Waals surface area contributed by atoms with Crippen molar-refractivity contribution in [3.8, 4) is 11.5 Å². The smallest absolute Gasteiger partial charge is 0.293 e. The van der Waals surface area contributed by atoms with Crippen molar-refractivity contribution in [3.05, 3.63) is 34.1 Å². The zero-order valence-electron chi connectivity index (χ0n) is 15.7. The summed E-state index contributed by atoms with van der Waals surface area (Å²) in [6, 6.07) is 5.14. The fourth-order valence-electron chi connectivity index (χ4n) is 4.25. The van der Waals surface area contributed by atoms with Crippen LogP contribution in [0.2, 0.25) is 0 Å². The van der Waals surface area contributed by atoms with Gasteiger partial charge in [0.2, 0.25) is 0 Å². The van der Waals surface area contributed by atoms with Crippen LogP contribution in [0.4, 0.5) is 11.4 Å². The van der Waals surface area contributed by atoms with Gasteiger partial charge in [-0.1, -0.05) is 19.0 Å². The van der Waals surface area contributed by atoms with Gasteiger partial charge in [0.05, 0.1) is 10.5 Å². The molecular weight excluding hydrogens is 346 g/mol. The van der Waals surface area contributed by atoms with Crippen LogP contribution in [-0.2, 0) is 5.54 Å². The molecule has 8 heteroatoms. The molecule has 27 heavy (non-hydrogen) atoms. The third-order valence-corrected chi connectivity index (χ3v) is 5.75. The Morgan fingerprint density at radius 2 is 2.00 bits per heavy atom. The van der Waals surface area contributed by atoms with E-state index in [0.29, 0.717) is 28.9 Å². The molecule has 1 aromatic heterocycles. The number of benzene rings is 1. The van der Waals surface area contributed by atoms with Gasteiger partial charge in [0.15, 0.2) is 5.82 Å². The number of piperidine rings is 1. The van der Waals surface area contributed by atoms with Crippen molar-refractivity contribution in [1.82, 2.24) is 10.1 Å². The van der Waals surface area contributed by atoms with Crippen LogP contribution in [0.25, 0.3) is 11.5 Å². The number of nitrogens with two attached hydrogens (primary N) is 1. The number of hydrogen-bond acceptors (Lipinski definition) is 7. The maximum Gasteiger partial charge on any atom is 0.293 e. The monoisotopic (exact) mass is 371 g/mol. The molecule has 8 nitrogen and oxygen atoms in total. The Balaban J connectivity index is 1.66. The van der Waals surface area contributed by atoms with E-state index in [2.05, 4.69) is 28.9 Å². The van der Waals surface area contributed by atoms with Gasteiger partial charge in [-0.05, 0) is 49.7 Å². The Morgan fingerprint density at radius 3 is 2.59 bits per heavy atom. The van der Waals surface area contributed by atoms with Gasteiger partial charge in [0, 0.05) is 24.7 Å². The number of nitro groups is 1. The summed E-state index contributed by atoms with van der Waals surface area (Å²) < 4.78 is 5.35.